The molecule has 0 radical (unpaired) electrons. The molecular formula is C16H17NO2. The molecule has 1 N–H and O–H groups in total. The molecule has 0 amide bonds. The highest BCUT2D eigenvalue weighted by atomic mass is 16.5. The van der Waals surface area contributed by atoms with Gasteiger partial charge in [0.1, 0.15) is 11.9 Å². The van der Waals surface area contributed by atoms with Gasteiger partial charge in [0.25, 0.3) is 0 Å². The molecule has 3 heteroatoms. The van der Waals surface area contributed by atoms with E-state index in [9.17, 15) is 5.11 Å². The lowest BCUT2D eigenvalue weighted by atomic mass is 9.98. The number of pyridine rings is 1. The molecule has 2 heterocycles. The Labute approximate surface area is 112 Å². The zero-order chi connectivity index (χ0) is 13.2. The number of aryl methyl sites for hydroxylation is 1. The molecule has 1 aliphatic heterocycles. The second-order valence-corrected chi connectivity index (χ2v) is 4.74. The van der Waals surface area contributed by atoms with E-state index < -0.39 is 6.10 Å². The molecule has 1 unspecified atom stereocenters. The van der Waals surface area contributed by atoms with E-state index in [1.807, 2.05) is 24.3 Å². The van der Waals surface area contributed by atoms with Gasteiger partial charge in [0.15, 0.2) is 0 Å². The summed E-state index contributed by atoms with van der Waals surface area (Å²) < 4.78 is 5.66. The molecule has 1 aliphatic rings. The van der Waals surface area contributed by atoms with Crippen LogP contribution in [0.15, 0.2) is 36.5 Å². The van der Waals surface area contributed by atoms with E-state index in [-0.39, 0.29) is 0 Å². The predicted molar refractivity (Wildman–Crippen MR) is 73.3 cm³/mol. The number of ether oxygens (including phenoxy) is 1. The molecule has 0 bridgehead atoms. The maximum Gasteiger partial charge on any atom is 0.128 e. The van der Waals surface area contributed by atoms with Gasteiger partial charge in [0.2, 0.25) is 0 Å². The van der Waals surface area contributed by atoms with Crippen LogP contribution in [0.25, 0.3) is 0 Å². The molecule has 1 aromatic heterocycles. The van der Waals surface area contributed by atoms with Gasteiger partial charge in [-0.15, -0.1) is 0 Å². The van der Waals surface area contributed by atoms with Crippen LogP contribution in [0.2, 0.25) is 0 Å². The topological polar surface area (TPSA) is 42.4 Å². The van der Waals surface area contributed by atoms with E-state index >= 15 is 0 Å². The average Bonchev–Trinajstić information content (AvgIpc) is 2.94. The Morgan fingerprint density at radius 3 is 3.05 bits per heavy atom. The molecular weight excluding hydrogens is 238 g/mol. The average molecular weight is 255 g/mol. The van der Waals surface area contributed by atoms with Crippen molar-refractivity contribution in [2.45, 2.75) is 25.9 Å². The molecule has 98 valence electrons. The summed E-state index contributed by atoms with van der Waals surface area (Å²) in [6, 6.07) is 9.86. The largest absolute Gasteiger partial charge is 0.493 e. The summed E-state index contributed by atoms with van der Waals surface area (Å²) in [4.78, 5) is 4.35. The van der Waals surface area contributed by atoms with E-state index in [0.717, 1.165) is 35.4 Å². The lowest BCUT2D eigenvalue weighted by Crippen LogP contribution is -2.07. The summed E-state index contributed by atoms with van der Waals surface area (Å²) >= 11 is 0. The number of hydrogen-bond donors (Lipinski definition) is 1. The first kappa shape index (κ1) is 12.2. The minimum absolute atomic E-state index is 0.696. The first-order valence-electron chi connectivity index (χ1n) is 6.67. The number of nitrogens with zero attached hydrogens (tertiary/aromatic N) is 1. The number of benzene rings is 1. The SMILES string of the molecule is CCc1cccnc1C(O)c1cccc2c1OCC2. The second-order valence-electron chi connectivity index (χ2n) is 4.74. The maximum absolute atomic E-state index is 10.6. The molecule has 0 saturated heterocycles. The van der Waals surface area contributed by atoms with Crippen molar-refractivity contribution in [1.29, 1.82) is 0 Å². The third-order valence-corrected chi connectivity index (χ3v) is 3.61. The Morgan fingerprint density at radius 2 is 2.21 bits per heavy atom. The summed E-state index contributed by atoms with van der Waals surface area (Å²) in [5.41, 5.74) is 3.80. The van der Waals surface area contributed by atoms with Gasteiger partial charge in [0.05, 0.1) is 12.3 Å². The summed E-state index contributed by atoms with van der Waals surface area (Å²) in [5.74, 6) is 0.836. The van der Waals surface area contributed by atoms with Gasteiger partial charge < -0.3 is 9.84 Å². The van der Waals surface area contributed by atoms with Crippen LogP contribution in [-0.2, 0) is 12.8 Å². The number of aliphatic hydroxyl groups is 1. The molecule has 3 rings (SSSR count). The van der Waals surface area contributed by atoms with Gasteiger partial charge in [-0.25, -0.2) is 0 Å². The Morgan fingerprint density at radius 1 is 1.32 bits per heavy atom. The van der Waals surface area contributed by atoms with E-state index in [2.05, 4.69) is 18.0 Å². The van der Waals surface area contributed by atoms with Crippen molar-refractivity contribution in [1.82, 2.24) is 4.98 Å². The molecule has 1 aromatic carbocycles. The van der Waals surface area contributed by atoms with Crippen LogP contribution in [0.3, 0.4) is 0 Å². The fourth-order valence-electron chi connectivity index (χ4n) is 2.60. The predicted octanol–water partition coefficient (Wildman–Crippen LogP) is 2.66. The normalized spacial score (nSPS) is 14.8. The highest BCUT2D eigenvalue weighted by molar-refractivity contribution is 5.47. The fraction of sp³-hybridized carbons (Fsp3) is 0.312. The minimum Gasteiger partial charge on any atom is -0.493 e. The molecule has 2 aromatic rings. The lowest BCUT2D eigenvalue weighted by molar-refractivity contribution is 0.208. The van der Waals surface area contributed by atoms with Crippen molar-refractivity contribution in [3.05, 3.63) is 58.9 Å². The van der Waals surface area contributed by atoms with Crippen LogP contribution in [0.4, 0.5) is 0 Å². The summed E-state index contributed by atoms with van der Waals surface area (Å²) in [6.45, 7) is 2.76. The van der Waals surface area contributed by atoms with Crippen LogP contribution in [0.5, 0.6) is 5.75 Å². The van der Waals surface area contributed by atoms with E-state index in [1.54, 1.807) is 6.20 Å². The van der Waals surface area contributed by atoms with Crippen molar-refractivity contribution in [2.24, 2.45) is 0 Å². The van der Waals surface area contributed by atoms with E-state index in [4.69, 9.17) is 4.74 Å². The van der Waals surface area contributed by atoms with Gasteiger partial charge in [-0.2, -0.15) is 0 Å². The molecule has 3 nitrogen and oxygen atoms in total. The van der Waals surface area contributed by atoms with Crippen molar-refractivity contribution in [2.75, 3.05) is 6.61 Å². The van der Waals surface area contributed by atoms with Crippen LogP contribution in [0, 0.1) is 0 Å². The first-order chi connectivity index (χ1) is 9.31. The molecule has 0 spiro atoms. The summed E-state index contributed by atoms with van der Waals surface area (Å²) in [7, 11) is 0. The number of aliphatic hydroxyl groups excluding tert-OH is 1. The van der Waals surface area contributed by atoms with Gasteiger partial charge in [0, 0.05) is 18.2 Å². The Hall–Kier alpha value is -1.87. The van der Waals surface area contributed by atoms with Crippen molar-refractivity contribution in [3.8, 4) is 5.75 Å². The van der Waals surface area contributed by atoms with Gasteiger partial charge in [-0.1, -0.05) is 31.2 Å². The second kappa shape index (κ2) is 5.02. The molecule has 0 fully saturated rings. The van der Waals surface area contributed by atoms with E-state index in [0.29, 0.717) is 6.61 Å². The number of aromatic nitrogens is 1. The quantitative estimate of drug-likeness (QED) is 0.916. The zero-order valence-corrected chi connectivity index (χ0v) is 11.0. The van der Waals surface area contributed by atoms with Gasteiger partial charge in [-0.05, 0) is 23.6 Å². The van der Waals surface area contributed by atoms with Crippen LogP contribution >= 0.6 is 0 Å². The summed E-state index contributed by atoms with van der Waals surface area (Å²) in [6.07, 6.45) is 2.78. The van der Waals surface area contributed by atoms with Crippen molar-refractivity contribution in [3.63, 3.8) is 0 Å². The first-order valence-corrected chi connectivity index (χ1v) is 6.67. The summed E-state index contributed by atoms with van der Waals surface area (Å²) in [5, 5.41) is 10.6. The smallest absolute Gasteiger partial charge is 0.128 e. The molecule has 1 atom stereocenters. The maximum atomic E-state index is 10.6. The Kier molecular flexibility index (Phi) is 3.22. The van der Waals surface area contributed by atoms with Crippen LogP contribution in [0.1, 0.15) is 35.4 Å². The molecule has 0 aliphatic carbocycles. The Bertz CT molecular complexity index is 595. The molecule has 19 heavy (non-hydrogen) atoms. The monoisotopic (exact) mass is 255 g/mol. The Balaban J connectivity index is 2.05. The molecule has 0 saturated carbocycles. The third-order valence-electron chi connectivity index (χ3n) is 3.61. The van der Waals surface area contributed by atoms with Gasteiger partial charge >= 0.3 is 0 Å². The lowest BCUT2D eigenvalue weighted by Gasteiger charge is -2.16. The standard InChI is InChI=1S/C16H17NO2/c1-2-11-6-4-9-17-14(11)15(18)13-7-3-5-12-8-10-19-16(12)13/h3-7,9,15,18H,2,8,10H2,1H3. The number of rotatable bonds is 3. The number of fused-ring (bicyclic) bond motifs is 1. The van der Waals surface area contributed by atoms with Crippen LogP contribution in [-0.4, -0.2) is 16.7 Å². The van der Waals surface area contributed by atoms with Gasteiger partial charge in [-0.3, -0.25) is 4.98 Å². The number of hydrogen-bond acceptors (Lipinski definition) is 3. The highest BCUT2D eigenvalue weighted by Gasteiger charge is 2.23. The van der Waals surface area contributed by atoms with Crippen LogP contribution < -0.4 is 4.74 Å². The minimum atomic E-state index is -0.718. The zero-order valence-electron chi connectivity index (χ0n) is 11.0. The van der Waals surface area contributed by atoms with E-state index in [1.165, 1.54) is 5.56 Å². The third kappa shape index (κ3) is 2.10. The highest BCUT2D eigenvalue weighted by Crippen LogP contribution is 2.36. The van der Waals surface area contributed by atoms with Crippen molar-refractivity contribution >= 4 is 0 Å². The fourth-order valence-corrected chi connectivity index (χ4v) is 2.60. The van der Waals surface area contributed by atoms with Crippen molar-refractivity contribution < 1.29 is 9.84 Å². The number of para-hydroxylation sites is 1.